The molecule has 0 saturated carbocycles. The van der Waals surface area contributed by atoms with Gasteiger partial charge in [-0.05, 0) is 30.7 Å². The second-order valence-electron chi connectivity index (χ2n) is 4.46. The van der Waals surface area contributed by atoms with Crippen LogP contribution in [0.5, 0.6) is 11.5 Å². The zero-order valence-electron chi connectivity index (χ0n) is 11.6. The van der Waals surface area contributed by atoms with Crippen LogP contribution in [0.15, 0.2) is 42.6 Å². The summed E-state index contributed by atoms with van der Waals surface area (Å²) in [4.78, 5) is 4.05. The van der Waals surface area contributed by atoms with Crippen molar-refractivity contribution in [2.45, 2.75) is 20.0 Å². The summed E-state index contributed by atoms with van der Waals surface area (Å²) in [6.07, 6.45) is 2.42. The Hall–Kier alpha value is -2.07. The Kier molecular flexibility index (Phi) is 5.38. The molecule has 0 fully saturated rings. The highest BCUT2D eigenvalue weighted by molar-refractivity contribution is 5.31. The number of aliphatic hydroxyl groups excluding tert-OH is 1. The number of ether oxygens (including phenoxy) is 2. The molecule has 2 aromatic rings. The van der Waals surface area contributed by atoms with Gasteiger partial charge in [-0.25, -0.2) is 0 Å². The fourth-order valence-electron chi connectivity index (χ4n) is 1.74. The molecule has 0 atom stereocenters. The third kappa shape index (κ3) is 4.24. The smallest absolute Gasteiger partial charge is 0.137 e. The highest BCUT2D eigenvalue weighted by Gasteiger charge is 1.99. The van der Waals surface area contributed by atoms with Gasteiger partial charge >= 0.3 is 0 Å². The predicted octanol–water partition coefficient (Wildman–Crippen LogP) is 2.73. The summed E-state index contributed by atoms with van der Waals surface area (Å²) in [5, 5.41) is 8.89. The lowest BCUT2D eigenvalue weighted by molar-refractivity contribution is 0.245. The lowest BCUT2D eigenvalue weighted by Crippen LogP contribution is -2.05. The average Bonchev–Trinajstić information content (AvgIpc) is 2.49. The van der Waals surface area contributed by atoms with Crippen LogP contribution in [-0.2, 0) is 6.61 Å². The molecule has 4 heteroatoms. The number of hydrogen-bond donors (Lipinski definition) is 1. The zero-order chi connectivity index (χ0) is 14.2. The van der Waals surface area contributed by atoms with E-state index in [-0.39, 0.29) is 6.61 Å². The van der Waals surface area contributed by atoms with Gasteiger partial charge in [0.25, 0.3) is 0 Å². The van der Waals surface area contributed by atoms with Crippen molar-refractivity contribution in [3.8, 4) is 11.5 Å². The van der Waals surface area contributed by atoms with Gasteiger partial charge in [0.15, 0.2) is 0 Å². The fourth-order valence-corrected chi connectivity index (χ4v) is 1.74. The molecule has 4 nitrogen and oxygen atoms in total. The minimum Gasteiger partial charge on any atom is -0.493 e. The SMILES string of the molecule is Cc1ccccc1OCCCOc1ccc(CO)nc1. The molecule has 106 valence electrons. The van der Waals surface area contributed by atoms with Crippen LogP contribution < -0.4 is 9.47 Å². The molecule has 1 aromatic heterocycles. The van der Waals surface area contributed by atoms with Crippen LogP contribution in [0.25, 0.3) is 0 Å². The Morgan fingerprint density at radius 1 is 1.05 bits per heavy atom. The molecule has 2 rings (SSSR count). The Labute approximate surface area is 119 Å². The van der Waals surface area contributed by atoms with Crippen molar-refractivity contribution in [3.05, 3.63) is 53.9 Å². The van der Waals surface area contributed by atoms with Crippen LogP contribution in [0.1, 0.15) is 17.7 Å². The summed E-state index contributed by atoms with van der Waals surface area (Å²) >= 11 is 0. The summed E-state index contributed by atoms with van der Waals surface area (Å²) in [6.45, 7) is 3.17. The molecule has 1 aromatic carbocycles. The molecule has 0 radical (unpaired) electrons. The third-order valence-electron chi connectivity index (χ3n) is 2.87. The van der Waals surface area contributed by atoms with Crippen LogP contribution >= 0.6 is 0 Å². The average molecular weight is 273 g/mol. The second kappa shape index (κ2) is 7.50. The molecule has 1 heterocycles. The van der Waals surface area contributed by atoms with E-state index in [2.05, 4.69) is 4.98 Å². The first-order chi connectivity index (χ1) is 9.79. The van der Waals surface area contributed by atoms with Gasteiger partial charge in [0.05, 0.1) is 31.7 Å². The molecular weight excluding hydrogens is 254 g/mol. The van der Waals surface area contributed by atoms with Gasteiger partial charge in [-0.3, -0.25) is 4.98 Å². The number of aromatic nitrogens is 1. The van der Waals surface area contributed by atoms with E-state index in [9.17, 15) is 0 Å². The Morgan fingerprint density at radius 2 is 1.85 bits per heavy atom. The minimum atomic E-state index is -0.0510. The van der Waals surface area contributed by atoms with Crippen molar-refractivity contribution < 1.29 is 14.6 Å². The monoisotopic (exact) mass is 273 g/mol. The second-order valence-corrected chi connectivity index (χ2v) is 4.46. The Balaban J connectivity index is 1.67. The van der Waals surface area contributed by atoms with Gasteiger partial charge in [0.1, 0.15) is 11.5 Å². The third-order valence-corrected chi connectivity index (χ3v) is 2.87. The molecule has 0 amide bonds. The van der Waals surface area contributed by atoms with E-state index >= 15 is 0 Å². The Morgan fingerprint density at radius 3 is 2.55 bits per heavy atom. The first-order valence-electron chi connectivity index (χ1n) is 6.66. The summed E-state index contributed by atoms with van der Waals surface area (Å²) in [7, 11) is 0. The van der Waals surface area contributed by atoms with Crippen molar-refractivity contribution in [2.24, 2.45) is 0 Å². The maximum atomic E-state index is 8.89. The van der Waals surface area contributed by atoms with Gasteiger partial charge in [-0.15, -0.1) is 0 Å². The molecule has 0 unspecified atom stereocenters. The maximum absolute atomic E-state index is 8.89. The minimum absolute atomic E-state index is 0.0510. The summed E-state index contributed by atoms with van der Waals surface area (Å²) < 4.78 is 11.2. The molecule has 0 bridgehead atoms. The molecule has 20 heavy (non-hydrogen) atoms. The number of benzene rings is 1. The first-order valence-corrected chi connectivity index (χ1v) is 6.66. The molecule has 0 aliphatic heterocycles. The zero-order valence-corrected chi connectivity index (χ0v) is 11.6. The van der Waals surface area contributed by atoms with Crippen LogP contribution in [0, 0.1) is 6.92 Å². The summed E-state index contributed by atoms with van der Waals surface area (Å²) in [5.74, 6) is 1.62. The van der Waals surface area contributed by atoms with E-state index in [0.717, 1.165) is 17.7 Å². The van der Waals surface area contributed by atoms with Gasteiger partial charge < -0.3 is 14.6 Å². The van der Waals surface area contributed by atoms with E-state index in [1.165, 1.54) is 0 Å². The van der Waals surface area contributed by atoms with Gasteiger partial charge in [-0.2, -0.15) is 0 Å². The fraction of sp³-hybridized carbons (Fsp3) is 0.312. The van der Waals surface area contributed by atoms with Crippen LogP contribution in [0.4, 0.5) is 0 Å². The number of pyridine rings is 1. The molecular formula is C16H19NO3. The van der Waals surface area contributed by atoms with Gasteiger partial charge in [-0.1, -0.05) is 18.2 Å². The number of para-hydroxylation sites is 1. The molecule has 0 spiro atoms. The summed E-state index contributed by atoms with van der Waals surface area (Å²) in [6, 6.07) is 11.5. The quantitative estimate of drug-likeness (QED) is 0.788. The van der Waals surface area contributed by atoms with Gasteiger partial charge in [0.2, 0.25) is 0 Å². The predicted molar refractivity (Wildman–Crippen MR) is 76.9 cm³/mol. The van der Waals surface area contributed by atoms with Crippen molar-refractivity contribution in [3.63, 3.8) is 0 Å². The van der Waals surface area contributed by atoms with Crippen molar-refractivity contribution >= 4 is 0 Å². The van der Waals surface area contributed by atoms with Crippen LogP contribution in [-0.4, -0.2) is 23.3 Å². The standard InChI is InChI=1S/C16H19NO3/c1-13-5-2-3-6-16(13)20-10-4-9-19-15-8-7-14(12-18)17-11-15/h2-3,5-8,11,18H,4,9-10,12H2,1H3. The molecule has 0 aliphatic carbocycles. The van der Waals surface area contributed by atoms with Crippen LogP contribution in [0.2, 0.25) is 0 Å². The highest BCUT2D eigenvalue weighted by atomic mass is 16.5. The van der Waals surface area contributed by atoms with E-state index in [1.54, 1.807) is 18.3 Å². The highest BCUT2D eigenvalue weighted by Crippen LogP contribution is 2.16. The first kappa shape index (κ1) is 14.3. The Bertz CT molecular complexity index is 526. The van der Waals surface area contributed by atoms with E-state index in [1.807, 2.05) is 31.2 Å². The molecule has 0 saturated heterocycles. The lowest BCUT2D eigenvalue weighted by atomic mass is 10.2. The lowest BCUT2D eigenvalue weighted by Gasteiger charge is -2.09. The summed E-state index contributed by atoms with van der Waals surface area (Å²) in [5.41, 5.74) is 1.78. The van der Waals surface area contributed by atoms with Crippen LogP contribution in [0.3, 0.4) is 0 Å². The topological polar surface area (TPSA) is 51.6 Å². The van der Waals surface area contributed by atoms with Crippen molar-refractivity contribution in [1.29, 1.82) is 0 Å². The normalized spacial score (nSPS) is 10.3. The number of aryl methyl sites for hydroxylation is 1. The maximum Gasteiger partial charge on any atom is 0.137 e. The number of rotatable bonds is 7. The number of aliphatic hydroxyl groups is 1. The van der Waals surface area contributed by atoms with E-state index in [0.29, 0.717) is 24.7 Å². The van der Waals surface area contributed by atoms with E-state index in [4.69, 9.17) is 14.6 Å². The van der Waals surface area contributed by atoms with E-state index < -0.39 is 0 Å². The molecule has 1 N–H and O–H groups in total. The van der Waals surface area contributed by atoms with Crippen molar-refractivity contribution in [1.82, 2.24) is 4.98 Å². The number of nitrogens with zero attached hydrogens (tertiary/aromatic N) is 1. The largest absolute Gasteiger partial charge is 0.493 e. The number of hydrogen-bond acceptors (Lipinski definition) is 4. The van der Waals surface area contributed by atoms with Gasteiger partial charge in [0, 0.05) is 6.42 Å². The van der Waals surface area contributed by atoms with Crippen molar-refractivity contribution in [2.75, 3.05) is 13.2 Å². The molecule has 0 aliphatic rings.